The number of fused-ring (bicyclic) bond motifs is 7. The summed E-state index contributed by atoms with van der Waals surface area (Å²) < 4.78 is 2.39. The van der Waals surface area contributed by atoms with Crippen LogP contribution >= 0.6 is 0 Å². The van der Waals surface area contributed by atoms with Crippen LogP contribution in [0.1, 0.15) is 0 Å². The Morgan fingerprint density at radius 3 is 1.56 bits per heavy atom. The van der Waals surface area contributed by atoms with Crippen LogP contribution in [0.4, 0.5) is 17.1 Å². The van der Waals surface area contributed by atoms with Crippen molar-refractivity contribution < 1.29 is 0 Å². The molecule has 0 saturated heterocycles. The fourth-order valence-electron chi connectivity index (χ4n) is 10.6. The number of benzene rings is 12. The lowest BCUT2D eigenvalue weighted by Crippen LogP contribution is -2.10. The summed E-state index contributed by atoms with van der Waals surface area (Å²) in [4.78, 5) is 2.39. The van der Waals surface area contributed by atoms with Crippen molar-refractivity contribution in [3.05, 3.63) is 267 Å². The van der Waals surface area contributed by atoms with Gasteiger partial charge in [-0.05, 0) is 150 Å². The van der Waals surface area contributed by atoms with Gasteiger partial charge in [0.1, 0.15) is 0 Å². The Balaban J connectivity index is 0.923. The van der Waals surface area contributed by atoms with Gasteiger partial charge < -0.3 is 9.47 Å². The second kappa shape index (κ2) is 16.5. The van der Waals surface area contributed by atoms with Crippen molar-refractivity contribution in [2.75, 3.05) is 4.90 Å². The lowest BCUT2D eigenvalue weighted by molar-refractivity contribution is 1.18. The second-order valence-corrected chi connectivity index (χ2v) is 17.7. The van der Waals surface area contributed by atoms with Gasteiger partial charge in [0, 0.05) is 33.5 Å². The molecule has 13 aromatic rings. The topological polar surface area (TPSA) is 8.17 Å². The third kappa shape index (κ3) is 6.73. The van der Waals surface area contributed by atoms with Crippen molar-refractivity contribution >= 4 is 71.2 Å². The molecule has 12 aromatic carbocycles. The Hall–Kier alpha value is -8.98. The van der Waals surface area contributed by atoms with E-state index >= 15 is 0 Å². The third-order valence-corrected chi connectivity index (χ3v) is 13.8. The van der Waals surface area contributed by atoms with Gasteiger partial charge in [-0.25, -0.2) is 0 Å². The van der Waals surface area contributed by atoms with Crippen LogP contribution in [0.3, 0.4) is 0 Å². The Morgan fingerprint density at radius 2 is 0.779 bits per heavy atom. The van der Waals surface area contributed by atoms with E-state index in [1.165, 1.54) is 87.5 Å². The van der Waals surface area contributed by atoms with E-state index in [1.807, 2.05) is 0 Å². The van der Waals surface area contributed by atoms with Gasteiger partial charge >= 0.3 is 0 Å². The molecule has 0 unspecified atom stereocenters. The predicted octanol–water partition coefficient (Wildman–Crippen LogP) is 18.4. The van der Waals surface area contributed by atoms with E-state index in [-0.39, 0.29) is 0 Å². The Kier molecular flexibility index (Phi) is 9.54. The first kappa shape index (κ1) is 39.4. The van der Waals surface area contributed by atoms with Crippen LogP contribution in [0, 0.1) is 0 Å². The highest BCUT2D eigenvalue weighted by Gasteiger charge is 2.19. The van der Waals surface area contributed by atoms with Crippen molar-refractivity contribution in [1.82, 2.24) is 4.57 Å². The van der Waals surface area contributed by atoms with E-state index in [9.17, 15) is 0 Å². The summed E-state index contributed by atoms with van der Waals surface area (Å²) in [6.45, 7) is 0. The number of hydrogen-bond donors (Lipinski definition) is 0. The molecule has 0 spiro atoms. The van der Waals surface area contributed by atoms with Gasteiger partial charge in [-0.1, -0.05) is 194 Å². The predicted molar refractivity (Wildman–Crippen MR) is 290 cm³/mol. The number of aromatic nitrogens is 1. The van der Waals surface area contributed by atoms with Crippen LogP contribution in [0.25, 0.3) is 104 Å². The molecule has 0 aliphatic rings. The highest BCUT2D eigenvalue weighted by atomic mass is 15.1. The molecule has 0 atom stereocenters. The minimum atomic E-state index is 1.09. The van der Waals surface area contributed by atoms with E-state index < -0.39 is 0 Å². The molecule has 68 heavy (non-hydrogen) atoms. The zero-order valence-electron chi connectivity index (χ0n) is 37.3. The zero-order valence-corrected chi connectivity index (χ0v) is 37.3. The molecule has 0 aliphatic carbocycles. The fraction of sp³-hybridized carbons (Fsp3) is 0. The summed E-state index contributed by atoms with van der Waals surface area (Å²) in [5.41, 5.74) is 16.4. The molecule has 0 N–H and O–H groups in total. The number of nitrogens with zero attached hydrogens (tertiary/aromatic N) is 2. The van der Waals surface area contributed by atoms with E-state index in [0.29, 0.717) is 0 Å². The van der Waals surface area contributed by atoms with Crippen LogP contribution in [0.15, 0.2) is 267 Å². The van der Waals surface area contributed by atoms with Gasteiger partial charge in [-0.15, -0.1) is 0 Å². The normalized spacial score (nSPS) is 11.5. The van der Waals surface area contributed by atoms with Crippen LogP contribution in [-0.4, -0.2) is 4.57 Å². The van der Waals surface area contributed by atoms with Crippen LogP contribution in [0.5, 0.6) is 0 Å². The Labute approximate surface area is 395 Å². The molecule has 0 aliphatic heterocycles. The molecule has 1 aromatic heterocycles. The van der Waals surface area contributed by atoms with Gasteiger partial charge in [0.25, 0.3) is 0 Å². The summed E-state index contributed by atoms with van der Waals surface area (Å²) in [6.07, 6.45) is 0. The third-order valence-electron chi connectivity index (χ3n) is 13.8. The summed E-state index contributed by atoms with van der Waals surface area (Å²) in [5.74, 6) is 0. The minimum Gasteiger partial charge on any atom is -0.310 e. The molecule has 318 valence electrons. The first-order chi connectivity index (χ1) is 33.7. The zero-order chi connectivity index (χ0) is 45.0. The summed E-state index contributed by atoms with van der Waals surface area (Å²) in [6, 6.07) is 97.4. The Bertz CT molecular complexity index is 4010. The van der Waals surface area contributed by atoms with E-state index in [1.54, 1.807) is 0 Å². The maximum absolute atomic E-state index is 2.39. The number of rotatable bonds is 8. The molecule has 0 saturated carbocycles. The first-order valence-corrected chi connectivity index (χ1v) is 23.4. The van der Waals surface area contributed by atoms with Crippen molar-refractivity contribution in [2.45, 2.75) is 0 Å². The van der Waals surface area contributed by atoms with Crippen molar-refractivity contribution in [2.24, 2.45) is 0 Å². The SMILES string of the molecule is c1ccc(-n2c3ccccc3c3c(-c4cccc(-c5cccc(N(c6ccc(-c7cccc8ccccc78)cc6)c6ccc(-c7cc8ccccc8c8ccccc78)cc6)c5)c4)cccc32)cc1. The molecule has 2 nitrogen and oxygen atoms in total. The van der Waals surface area contributed by atoms with Crippen LogP contribution < -0.4 is 4.90 Å². The van der Waals surface area contributed by atoms with Gasteiger partial charge in [-0.3, -0.25) is 0 Å². The molecule has 2 heteroatoms. The molecule has 1 heterocycles. The van der Waals surface area contributed by atoms with Crippen molar-refractivity contribution in [3.63, 3.8) is 0 Å². The molecule has 13 rings (SSSR count). The lowest BCUT2D eigenvalue weighted by atomic mass is 9.93. The monoisotopic (exact) mass is 864 g/mol. The number of anilines is 3. The van der Waals surface area contributed by atoms with Crippen molar-refractivity contribution in [1.29, 1.82) is 0 Å². The molecule has 0 amide bonds. The van der Waals surface area contributed by atoms with Crippen LogP contribution in [-0.2, 0) is 0 Å². The summed E-state index contributed by atoms with van der Waals surface area (Å²) >= 11 is 0. The minimum absolute atomic E-state index is 1.09. The van der Waals surface area contributed by atoms with E-state index in [4.69, 9.17) is 0 Å². The maximum atomic E-state index is 2.39. The molecule has 0 bridgehead atoms. The highest BCUT2D eigenvalue weighted by Crippen LogP contribution is 2.43. The molecular formula is C66H44N2. The molecular weight excluding hydrogens is 821 g/mol. The Morgan fingerprint density at radius 1 is 0.250 bits per heavy atom. The summed E-state index contributed by atoms with van der Waals surface area (Å²) in [5, 5.41) is 10.1. The fourth-order valence-corrected chi connectivity index (χ4v) is 10.6. The lowest BCUT2D eigenvalue weighted by Gasteiger charge is -2.26. The molecule has 0 radical (unpaired) electrons. The second-order valence-electron chi connectivity index (χ2n) is 17.7. The molecule has 0 fully saturated rings. The van der Waals surface area contributed by atoms with Gasteiger partial charge in [0.05, 0.1) is 11.0 Å². The maximum Gasteiger partial charge on any atom is 0.0547 e. The van der Waals surface area contributed by atoms with Gasteiger partial charge in [-0.2, -0.15) is 0 Å². The average Bonchev–Trinajstić information content (AvgIpc) is 3.76. The quantitative estimate of drug-likeness (QED) is 0.138. The van der Waals surface area contributed by atoms with E-state index in [0.717, 1.165) is 33.9 Å². The average molecular weight is 865 g/mol. The smallest absolute Gasteiger partial charge is 0.0547 e. The van der Waals surface area contributed by atoms with Gasteiger partial charge in [0.15, 0.2) is 0 Å². The number of para-hydroxylation sites is 2. The standard InChI is InChI=1S/C66H44N2/c1-2-22-52(23-3-1)68-64-32-11-10-29-62(64)66-59(31-15-33-65(66)68)50-21-12-19-48(42-50)49-20-13-24-55(43-49)67(53-38-34-46(35-39-53)57-30-14-18-45-16-4-6-25-56(45)57)54-40-36-47(37-41-54)63-44-51-17-5-7-26-58(51)60-27-8-9-28-61(60)63/h1-44H. The van der Waals surface area contributed by atoms with Crippen LogP contribution in [0.2, 0.25) is 0 Å². The van der Waals surface area contributed by atoms with E-state index in [2.05, 4.69) is 276 Å². The van der Waals surface area contributed by atoms with Crippen molar-refractivity contribution in [3.8, 4) is 50.2 Å². The number of hydrogen-bond acceptors (Lipinski definition) is 1. The largest absolute Gasteiger partial charge is 0.310 e. The highest BCUT2D eigenvalue weighted by molar-refractivity contribution is 6.16. The summed E-state index contributed by atoms with van der Waals surface area (Å²) in [7, 11) is 0. The first-order valence-electron chi connectivity index (χ1n) is 23.4. The van der Waals surface area contributed by atoms with Gasteiger partial charge in [0.2, 0.25) is 0 Å².